The minimum absolute atomic E-state index is 0.0394. The van der Waals surface area contributed by atoms with Crippen molar-refractivity contribution in [3.8, 4) is 22.1 Å². The number of imide groups is 1. The number of hydrogen-bond acceptors (Lipinski definition) is 8. The second-order valence-electron chi connectivity index (χ2n) is 9.21. The summed E-state index contributed by atoms with van der Waals surface area (Å²) < 4.78 is 17.0. The Kier molecular flexibility index (Phi) is 7.48. The Balaban J connectivity index is 2.10. The number of pyridine rings is 1. The molecule has 0 saturated heterocycles. The summed E-state index contributed by atoms with van der Waals surface area (Å²) in [5, 5.41) is 0.644. The van der Waals surface area contributed by atoms with E-state index in [1.807, 2.05) is 30.3 Å². The van der Waals surface area contributed by atoms with Gasteiger partial charge in [0, 0.05) is 17.8 Å². The second-order valence-corrected chi connectivity index (χ2v) is 10.5. The van der Waals surface area contributed by atoms with Gasteiger partial charge in [-0.15, -0.1) is 0 Å². The Morgan fingerprint density at radius 1 is 0.941 bits per heavy atom. The van der Waals surface area contributed by atoms with Crippen molar-refractivity contribution in [1.29, 1.82) is 0 Å². The monoisotopic (exact) mass is 503 g/mol. The average molecular weight is 504 g/mol. The molecule has 0 radical (unpaired) electrons. The summed E-state index contributed by atoms with van der Waals surface area (Å²) in [6.45, 7) is 10.2. The Bertz CT molecular complexity index is 1140. The minimum atomic E-state index is -0.909. The number of benzene rings is 1. The number of nitrogens with zero attached hydrogens (tertiary/aromatic N) is 3. The molecule has 2 aromatic heterocycles. The number of rotatable bonds is 4. The highest BCUT2D eigenvalue weighted by Gasteiger charge is 2.36. The summed E-state index contributed by atoms with van der Waals surface area (Å²) in [6.07, 6.45) is -0.308. The van der Waals surface area contributed by atoms with E-state index in [1.165, 1.54) is 6.20 Å². The first kappa shape index (κ1) is 25.5. The molecule has 0 aliphatic rings. The molecule has 10 heteroatoms. The molecule has 1 aromatic carbocycles. The SMILES string of the molecule is CC(C)(C)OC(=O)N(C(=O)OC(C)(C)C)c1nc(-c2ccccc2)c(Oc2ccnc(Cl)c2)s1. The lowest BCUT2D eigenvalue weighted by molar-refractivity contribution is 0.0430. The van der Waals surface area contributed by atoms with Crippen molar-refractivity contribution in [1.82, 2.24) is 9.97 Å². The topological polar surface area (TPSA) is 90.9 Å². The number of thiazole rings is 1. The highest BCUT2D eigenvalue weighted by molar-refractivity contribution is 7.18. The number of ether oxygens (including phenoxy) is 3. The number of hydrogen-bond donors (Lipinski definition) is 0. The Morgan fingerprint density at radius 2 is 1.53 bits per heavy atom. The van der Waals surface area contributed by atoms with Crippen molar-refractivity contribution >= 4 is 40.3 Å². The molecule has 0 N–H and O–H groups in total. The van der Waals surface area contributed by atoms with Gasteiger partial charge in [0.15, 0.2) is 0 Å². The molecule has 3 rings (SSSR count). The molecule has 0 atom stereocenters. The third-order valence-corrected chi connectivity index (χ3v) is 5.01. The van der Waals surface area contributed by atoms with Crippen LogP contribution in [0.1, 0.15) is 41.5 Å². The fourth-order valence-electron chi connectivity index (χ4n) is 2.64. The van der Waals surface area contributed by atoms with Crippen LogP contribution in [0, 0.1) is 0 Å². The average Bonchev–Trinajstić information content (AvgIpc) is 3.09. The molecule has 3 aromatic rings. The largest absolute Gasteiger partial charge is 0.444 e. The summed E-state index contributed by atoms with van der Waals surface area (Å²) in [5.41, 5.74) is -0.521. The standard InChI is InChI=1S/C24H26ClN3O5S/c1-23(2,3)32-21(29)28(22(30)33-24(4,5)6)20-27-18(15-10-8-7-9-11-15)19(34-20)31-16-12-13-26-17(25)14-16/h7-14H,1-6H3. The lowest BCUT2D eigenvalue weighted by Gasteiger charge is -2.27. The maximum atomic E-state index is 13.0. The van der Waals surface area contributed by atoms with Gasteiger partial charge < -0.3 is 14.2 Å². The second kappa shape index (κ2) is 9.99. The number of aromatic nitrogens is 2. The quantitative estimate of drug-likeness (QED) is 0.344. The van der Waals surface area contributed by atoms with E-state index in [0.717, 1.165) is 21.8 Å². The van der Waals surface area contributed by atoms with Gasteiger partial charge in [0.05, 0.1) is 0 Å². The minimum Gasteiger partial charge on any atom is -0.444 e. The van der Waals surface area contributed by atoms with Gasteiger partial charge >= 0.3 is 12.2 Å². The van der Waals surface area contributed by atoms with Crippen LogP contribution in [0.3, 0.4) is 0 Å². The highest BCUT2D eigenvalue weighted by Crippen LogP contribution is 2.42. The van der Waals surface area contributed by atoms with Crippen molar-refractivity contribution in [2.24, 2.45) is 0 Å². The van der Waals surface area contributed by atoms with Gasteiger partial charge in [0.2, 0.25) is 10.2 Å². The molecular formula is C24H26ClN3O5S. The third kappa shape index (κ3) is 6.91. The predicted molar refractivity (Wildman–Crippen MR) is 132 cm³/mol. The fourth-order valence-corrected chi connectivity index (χ4v) is 3.74. The molecule has 34 heavy (non-hydrogen) atoms. The van der Waals surface area contributed by atoms with Gasteiger partial charge in [-0.05, 0) is 47.6 Å². The molecule has 2 heterocycles. The van der Waals surface area contributed by atoms with Crippen molar-refractivity contribution in [2.45, 2.75) is 52.7 Å². The summed E-state index contributed by atoms with van der Waals surface area (Å²) in [4.78, 5) is 35.4. The highest BCUT2D eigenvalue weighted by atomic mass is 35.5. The zero-order valence-electron chi connectivity index (χ0n) is 19.8. The Morgan fingerprint density at radius 3 is 2.06 bits per heavy atom. The molecule has 0 unspecified atom stereocenters. The third-order valence-electron chi connectivity index (χ3n) is 3.88. The van der Waals surface area contributed by atoms with Crippen molar-refractivity contribution in [3.63, 3.8) is 0 Å². The van der Waals surface area contributed by atoms with Gasteiger partial charge in [-0.1, -0.05) is 53.3 Å². The molecule has 0 aliphatic heterocycles. The molecular weight excluding hydrogens is 478 g/mol. The number of amides is 2. The predicted octanol–water partition coefficient (Wildman–Crippen LogP) is 7.33. The normalized spacial score (nSPS) is 11.6. The first-order valence-corrected chi connectivity index (χ1v) is 11.6. The van der Waals surface area contributed by atoms with Gasteiger partial charge in [-0.3, -0.25) is 0 Å². The molecule has 0 aliphatic carbocycles. The maximum absolute atomic E-state index is 13.0. The van der Waals surface area contributed by atoms with Crippen molar-refractivity contribution in [2.75, 3.05) is 4.90 Å². The van der Waals surface area contributed by atoms with E-state index < -0.39 is 23.4 Å². The first-order valence-electron chi connectivity index (χ1n) is 10.4. The number of carbonyl (C=O) groups is 2. The first-order chi connectivity index (χ1) is 15.8. The van der Waals surface area contributed by atoms with Gasteiger partial charge in [-0.2, -0.15) is 4.90 Å². The lowest BCUT2D eigenvalue weighted by Crippen LogP contribution is -2.43. The van der Waals surface area contributed by atoms with E-state index >= 15 is 0 Å². The van der Waals surface area contributed by atoms with E-state index in [-0.39, 0.29) is 10.3 Å². The van der Waals surface area contributed by atoms with Crippen LogP contribution in [0.4, 0.5) is 14.7 Å². The van der Waals surface area contributed by atoms with Crippen LogP contribution in [0.2, 0.25) is 5.15 Å². The Hall–Kier alpha value is -3.17. The number of carbonyl (C=O) groups excluding carboxylic acids is 2. The summed E-state index contributed by atoms with van der Waals surface area (Å²) in [5.74, 6) is 0.425. The van der Waals surface area contributed by atoms with Crippen LogP contribution in [-0.2, 0) is 9.47 Å². The molecule has 0 saturated carbocycles. The smallest absolute Gasteiger partial charge is 0.426 e. The van der Waals surface area contributed by atoms with Crippen LogP contribution in [0.5, 0.6) is 10.8 Å². The zero-order valence-corrected chi connectivity index (χ0v) is 21.4. The summed E-state index contributed by atoms with van der Waals surface area (Å²) in [7, 11) is 0. The van der Waals surface area contributed by atoms with Crippen LogP contribution >= 0.6 is 22.9 Å². The van der Waals surface area contributed by atoms with E-state index in [4.69, 9.17) is 25.8 Å². The molecule has 180 valence electrons. The number of halogens is 1. The maximum Gasteiger partial charge on any atom is 0.426 e. The molecule has 8 nitrogen and oxygen atoms in total. The Labute approximate surface area is 207 Å². The van der Waals surface area contributed by atoms with Gasteiger partial charge in [0.1, 0.15) is 27.8 Å². The molecule has 2 amide bonds. The van der Waals surface area contributed by atoms with Gasteiger partial charge in [0.25, 0.3) is 0 Å². The van der Waals surface area contributed by atoms with E-state index in [9.17, 15) is 9.59 Å². The van der Waals surface area contributed by atoms with Crippen LogP contribution < -0.4 is 9.64 Å². The van der Waals surface area contributed by atoms with Crippen LogP contribution in [0.15, 0.2) is 48.7 Å². The summed E-state index contributed by atoms with van der Waals surface area (Å²) >= 11 is 6.99. The summed E-state index contributed by atoms with van der Waals surface area (Å²) in [6, 6.07) is 12.4. The fraction of sp³-hybridized carbons (Fsp3) is 0.333. The van der Waals surface area contributed by atoms with Crippen molar-refractivity contribution in [3.05, 3.63) is 53.8 Å². The van der Waals surface area contributed by atoms with Crippen molar-refractivity contribution < 1.29 is 23.8 Å². The van der Waals surface area contributed by atoms with E-state index in [0.29, 0.717) is 16.5 Å². The van der Waals surface area contributed by atoms with E-state index in [1.54, 1.807) is 53.7 Å². The number of anilines is 1. The lowest BCUT2D eigenvalue weighted by atomic mass is 10.2. The zero-order chi connectivity index (χ0) is 25.1. The molecule has 0 spiro atoms. The van der Waals surface area contributed by atoms with E-state index in [2.05, 4.69) is 9.97 Å². The molecule has 0 fully saturated rings. The molecule has 0 bridgehead atoms. The van der Waals surface area contributed by atoms with Gasteiger partial charge in [-0.25, -0.2) is 19.6 Å². The van der Waals surface area contributed by atoms with Crippen LogP contribution in [-0.4, -0.2) is 33.4 Å². The van der Waals surface area contributed by atoms with Crippen LogP contribution in [0.25, 0.3) is 11.3 Å².